The van der Waals surface area contributed by atoms with Crippen LogP contribution in [0.4, 0.5) is 0 Å². The van der Waals surface area contributed by atoms with Crippen molar-refractivity contribution in [3.8, 4) is 6.07 Å². The summed E-state index contributed by atoms with van der Waals surface area (Å²) in [6.45, 7) is 1.05. The molecule has 0 N–H and O–H groups in total. The monoisotopic (exact) mass is 215 g/mol. The number of amides is 1. The Bertz CT molecular complexity index is 410. The van der Waals surface area contributed by atoms with Gasteiger partial charge in [-0.3, -0.25) is 9.78 Å². The van der Waals surface area contributed by atoms with Gasteiger partial charge in [-0.05, 0) is 18.6 Å². The van der Waals surface area contributed by atoms with E-state index < -0.39 is 0 Å². The Labute approximate surface area is 94.5 Å². The van der Waals surface area contributed by atoms with Crippen molar-refractivity contribution in [3.63, 3.8) is 0 Å². The Kier molecular flexibility index (Phi) is 3.16. The van der Waals surface area contributed by atoms with Crippen LogP contribution in [0.2, 0.25) is 0 Å². The minimum Gasteiger partial charge on any atom is -0.335 e. The van der Waals surface area contributed by atoms with Crippen LogP contribution in [0.1, 0.15) is 18.5 Å². The molecule has 16 heavy (non-hydrogen) atoms. The molecule has 1 aromatic rings. The van der Waals surface area contributed by atoms with Gasteiger partial charge in [-0.2, -0.15) is 5.26 Å². The third kappa shape index (κ3) is 2.37. The van der Waals surface area contributed by atoms with Gasteiger partial charge < -0.3 is 4.90 Å². The number of piperidine rings is 1. The van der Waals surface area contributed by atoms with E-state index in [0.29, 0.717) is 25.9 Å². The molecule has 1 saturated heterocycles. The number of pyridine rings is 1. The molecule has 1 aliphatic rings. The Balaban J connectivity index is 2.03. The summed E-state index contributed by atoms with van der Waals surface area (Å²) in [6.07, 6.45) is 2.88. The first-order chi connectivity index (χ1) is 7.79. The molecule has 0 spiro atoms. The van der Waals surface area contributed by atoms with Crippen LogP contribution >= 0.6 is 0 Å². The van der Waals surface area contributed by atoms with E-state index in [9.17, 15) is 4.79 Å². The van der Waals surface area contributed by atoms with Crippen LogP contribution in [-0.4, -0.2) is 22.3 Å². The van der Waals surface area contributed by atoms with E-state index in [4.69, 9.17) is 5.26 Å². The molecule has 1 amide bonds. The Morgan fingerprint density at radius 2 is 2.44 bits per heavy atom. The maximum absolute atomic E-state index is 11.6. The SMILES string of the molecule is N#CC1CCC(=O)N(Cc2ccccn2)C1. The van der Waals surface area contributed by atoms with Gasteiger partial charge in [0.05, 0.1) is 24.2 Å². The summed E-state index contributed by atoms with van der Waals surface area (Å²) >= 11 is 0. The summed E-state index contributed by atoms with van der Waals surface area (Å²) in [5.41, 5.74) is 0.870. The number of carbonyl (C=O) groups excluding carboxylic acids is 1. The van der Waals surface area contributed by atoms with Crippen molar-refractivity contribution in [2.24, 2.45) is 5.92 Å². The van der Waals surface area contributed by atoms with Gasteiger partial charge >= 0.3 is 0 Å². The Morgan fingerprint density at radius 1 is 1.56 bits per heavy atom. The fourth-order valence-corrected chi connectivity index (χ4v) is 1.86. The summed E-state index contributed by atoms with van der Waals surface area (Å²) < 4.78 is 0. The molecule has 1 atom stereocenters. The second-order valence-corrected chi connectivity index (χ2v) is 3.96. The Morgan fingerprint density at radius 3 is 3.12 bits per heavy atom. The summed E-state index contributed by atoms with van der Waals surface area (Å²) in [5.74, 6) is 0.0959. The molecule has 1 aliphatic heterocycles. The van der Waals surface area contributed by atoms with Crippen molar-refractivity contribution in [1.29, 1.82) is 5.26 Å². The van der Waals surface area contributed by atoms with Gasteiger partial charge in [0, 0.05) is 19.2 Å². The molecule has 4 nitrogen and oxygen atoms in total. The van der Waals surface area contributed by atoms with Gasteiger partial charge in [0.25, 0.3) is 0 Å². The third-order valence-electron chi connectivity index (χ3n) is 2.76. The molecule has 82 valence electrons. The molecule has 0 aromatic carbocycles. The largest absolute Gasteiger partial charge is 0.335 e. The topological polar surface area (TPSA) is 57.0 Å². The number of aromatic nitrogens is 1. The number of likely N-dealkylation sites (tertiary alicyclic amines) is 1. The molecular formula is C12H13N3O. The van der Waals surface area contributed by atoms with Crippen molar-refractivity contribution < 1.29 is 4.79 Å². The quantitative estimate of drug-likeness (QED) is 0.748. The van der Waals surface area contributed by atoms with Crippen molar-refractivity contribution in [2.45, 2.75) is 19.4 Å². The first kappa shape index (κ1) is 10.6. The highest BCUT2D eigenvalue weighted by atomic mass is 16.2. The average molecular weight is 215 g/mol. The van der Waals surface area contributed by atoms with Crippen LogP contribution < -0.4 is 0 Å². The third-order valence-corrected chi connectivity index (χ3v) is 2.76. The molecule has 0 aliphatic carbocycles. The second kappa shape index (κ2) is 4.75. The van der Waals surface area contributed by atoms with Gasteiger partial charge in [-0.15, -0.1) is 0 Å². The molecule has 1 aromatic heterocycles. The van der Waals surface area contributed by atoms with E-state index in [1.54, 1.807) is 11.1 Å². The zero-order chi connectivity index (χ0) is 11.4. The van der Waals surface area contributed by atoms with Crippen molar-refractivity contribution in [2.75, 3.05) is 6.54 Å². The van der Waals surface area contributed by atoms with Crippen LogP contribution in [0.5, 0.6) is 0 Å². The summed E-state index contributed by atoms with van der Waals surface area (Å²) in [6, 6.07) is 7.87. The minimum atomic E-state index is -0.0265. The minimum absolute atomic E-state index is 0.0265. The van der Waals surface area contributed by atoms with Crippen LogP contribution in [0.3, 0.4) is 0 Å². The van der Waals surface area contributed by atoms with E-state index >= 15 is 0 Å². The zero-order valence-corrected chi connectivity index (χ0v) is 8.97. The predicted octanol–water partition coefficient (Wildman–Crippen LogP) is 1.34. The van der Waals surface area contributed by atoms with Crippen LogP contribution in [0.25, 0.3) is 0 Å². The van der Waals surface area contributed by atoms with Gasteiger partial charge in [-0.25, -0.2) is 0 Å². The summed E-state index contributed by atoms with van der Waals surface area (Å²) in [7, 11) is 0. The molecule has 1 unspecified atom stereocenters. The number of carbonyl (C=O) groups is 1. The number of hydrogen-bond donors (Lipinski definition) is 0. The highest BCUT2D eigenvalue weighted by molar-refractivity contribution is 5.77. The first-order valence-corrected chi connectivity index (χ1v) is 5.37. The number of hydrogen-bond acceptors (Lipinski definition) is 3. The van der Waals surface area contributed by atoms with E-state index in [1.807, 2.05) is 18.2 Å². The molecular weight excluding hydrogens is 202 g/mol. The average Bonchev–Trinajstić information content (AvgIpc) is 2.33. The molecule has 0 radical (unpaired) electrons. The zero-order valence-electron chi connectivity index (χ0n) is 8.97. The maximum atomic E-state index is 11.6. The molecule has 0 bridgehead atoms. The second-order valence-electron chi connectivity index (χ2n) is 3.96. The lowest BCUT2D eigenvalue weighted by atomic mass is 9.99. The molecule has 1 fully saturated rings. The lowest BCUT2D eigenvalue weighted by Gasteiger charge is -2.29. The van der Waals surface area contributed by atoms with E-state index in [0.717, 1.165) is 5.69 Å². The number of rotatable bonds is 2. The van der Waals surface area contributed by atoms with Crippen LogP contribution in [-0.2, 0) is 11.3 Å². The van der Waals surface area contributed by atoms with Gasteiger partial charge in [0.15, 0.2) is 0 Å². The van der Waals surface area contributed by atoms with Crippen LogP contribution in [0.15, 0.2) is 24.4 Å². The van der Waals surface area contributed by atoms with Crippen molar-refractivity contribution >= 4 is 5.91 Å². The van der Waals surface area contributed by atoms with Gasteiger partial charge in [0.1, 0.15) is 0 Å². The highest BCUT2D eigenvalue weighted by Crippen LogP contribution is 2.18. The lowest BCUT2D eigenvalue weighted by molar-refractivity contribution is -0.134. The molecule has 0 saturated carbocycles. The molecule has 2 rings (SSSR count). The van der Waals surface area contributed by atoms with Crippen LogP contribution in [0, 0.1) is 17.2 Å². The number of nitriles is 1. The lowest BCUT2D eigenvalue weighted by Crippen LogP contribution is -2.39. The predicted molar refractivity (Wildman–Crippen MR) is 58.0 cm³/mol. The maximum Gasteiger partial charge on any atom is 0.223 e. The van der Waals surface area contributed by atoms with Crippen molar-refractivity contribution in [3.05, 3.63) is 30.1 Å². The van der Waals surface area contributed by atoms with Gasteiger partial charge in [0.2, 0.25) is 5.91 Å². The van der Waals surface area contributed by atoms with Gasteiger partial charge in [-0.1, -0.05) is 6.07 Å². The fraction of sp³-hybridized carbons (Fsp3) is 0.417. The Hall–Kier alpha value is -1.89. The first-order valence-electron chi connectivity index (χ1n) is 5.37. The van der Waals surface area contributed by atoms with E-state index in [2.05, 4.69) is 11.1 Å². The smallest absolute Gasteiger partial charge is 0.223 e. The van der Waals surface area contributed by atoms with E-state index in [-0.39, 0.29) is 11.8 Å². The molecule has 4 heteroatoms. The standard InChI is InChI=1S/C12H13N3O/c13-7-10-4-5-12(16)15(8-10)9-11-3-1-2-6-14-11/h1-3,6,10H,4-5,8-9H2. The number of nitrogens with zero attached hydrogens (tertiary/aromatic N) is 3. The normalized spacial score (nSPS) is 20.6. The highest BCUT2D eigenvalue weighted by Gasteiger charge is 2.25. The fourth-order valence-electron chi connectivity index (χ4n) is 1.86. The summed E-state index contributed by atoms with van der Waals surface area (Å²) in [4.78, 5) is 17.6. The summed E-state index contributed by atoms with van der Waals surface area (Å²) in [5, 5.41) is 8.86. The van der Waals surface area contributed by atoms with Crippen molar-refractivity contribution in [1.82, 2.24) is 9.88 Å². The molecule has 2 heterocycles. The van der Waals surface area contributed by atoms with E-state index in [1.165, 1.54) is 0 Å².